The summed E-state index contributed by atoms with van der Waals surface area (Å²) in [5.74, 6) is 0. The Labute approximate surface area is 354 Å². The second kappa shape index (κ2) is 20.9. The van der Waals surface area contributed by atoms with E-state index in [1.54, 1.807) is 55.2 Å². The lowest BCUT2D eigenvalue weighted by Crippen LogP contribution is -2.07. The lowest BCUT2D eigenvalue weighted by molar-refractivity contribution is -0.385. The number of halogens is 11. The molecule has 0 saturated carbocycles. The lowest BCUT2D eigenvalue weighted by Gasteiger charge is -2.10. The molecule has 6 aromatic rings. The molecular formula is C34H32F9I2N9O4. The minimum Gasteiger partial charge on any atom is -0.399 e. The van der Waals surface area contributed by atoms with Crippen molar-refractivity contribution in [3.63, 3.8) is 0 Å². The summed E-state index contributed by atoms with van der Waals surface area (Å²) in [6.07, 6.45) is -4.29. The Bertz CT molecular complexity index is 2270. The first-order chi connectivity index (χ1) is 25.8. The van der Waals surface area contributed by atoms with Gasteiger partial charge in [-0.3, -0.25) is 20.2 Å². The van der Waals surface area contributed by atoms with E-state index >= 15 is 0 Å². The Balaban J connectivity index is 0.000000402. The fraction of sp³-hybridized carbons (Fsp3) is 0.206. The van der Waals surface area contributed by atoms with Gasteiger partial charge in [-0.15, -0.1) is 24.0 Å². The fourth-order valence-electron chi connectivity index (χ4n) is 4.25. The molecule has 0 aliphatic rings. The van der Waals surface area contributed by atoms with E-state index < -0.39 is 56.4 Å². The molecule has 3 aromatic carbocycles. The van der Waals surface area contributed by atoms with E-state index in [2.05, 4.69) is 19.9 Å². The number of hydrogen-bond acceptors (Lipinski definition) is 8. The molecule has 314 valence electrons. The number of H-pyrrole nitrogens is 1. The quantitative estimate of drug-likeness (QED) is 0.0576. The fourth-order valence-corrected chi connectivity index (χ4v) is 4.91. The van der Waals surface area contributed by atoms with Gasteiger partial charge in [-0.25, -0.2) is 15.0 Å². The number of nitrogens with two attached hydrogens (primary N) is 1. The van der Waals surface area contributed by atoms with Crippen molar-refractivity contribution in [2.24, 2.45) is 0 Å². The van der Waals surface area contributed by atoms with E-state index in [1.807, 2.05) is 6.92 Å². The number of nitro groups is 2. The molecule has 3 N–H and O–H groups in total. The van der Waals surface area contributed by atoms with Crippen molar-refractivity contribution in [3.8, 4) is 11.4 Å². The second-order valence-electron chi connectivity index (χ2n) is 11.3. The summed E-state index contributed by atoms with van der Waals surface area (Å²) in [6, 6.07) is 8.28. The van der Waals surface area contributed by atoms with Crippen LogP contribution in [0.3, 0.4) is 0 Å². The van der Waals surface area contributed by atoms with Crippen LogP contribution in [0.2, 0.25) is 0 Å². The highest BCUT2D eigenvalue weighted by Crippen LogP contribution is 2.35. The third-order valence-electron chi connectivity index (χ3n) is 6.78. The van der Waals surface area contributed by atoms with Crippen molar-refractivity contribution in [2.75, 3.05) is 5.73 Å². The van der Waals surface area contributed by atoms with Gasteiger partial charge in [0.2, 0.25) is 0 Å². The molecule has 13 nitrogen and oxygen atoms in total. The Morgan fingerprint density at radius 2 is 1.09 bits per heavy atom. The molecule has 0 fully saturated rings. The first-order valence-corrected chi connectivity index (χ1v) is 16.2. The van der Waals surface area contributed by atoms with Gasteiger partial charge in [-0.2, -0.15) is 39.5 Å². The van der Waals surface area contributed by atoms with Gasteiger partial charge in [0.15, 0.2) is 0 Å². The molecule has 3 heterocycles. The first-order valence-electron chi connectivity index (χ1n) is 15.2. The van der Waals surface area contributed by atoms with E-state index in [0.717, 1.165) is 47.8 Å². The van der Waals surface area contributed by atoms with Crippen molar-refractivity contribution < 1.29 is 49.4 Å². The number of imidazole rings is 3. The van der Waals surface area contributed by atoms with Crippen LogP contribution in [-0.4, -0.2) is 38.9 Å². The van der Waals surface area contributed by atoms with Crippen LogP contribution in [0.1, 0.15) is 41.2 Å². The van der Waals surface area contributed by atoms with Gasteiger partial charge in [0, 0.05) is 63.5 Å². The van der Waals surface area contributed by atoms with Gasteiger partial charge in [0.1, 0.15) is 0 Å². The number of nitrogens with zero attached hydrogens (tertiary/aromatic N) is 7. The number of nitro benzene ring substituents is 2. The van der Waals surface area contributed by atoms with Crippen LogP contribution in [0.15, 0.2) is 92.2 Å². The predicted octanol–water partition coefficient (Wildman–Crippen LogP) is 11.1. The number of nitrogens with one attached hydrogen (secondary N) is 1. The molecule has 0 bridgehead atoms. The molecule has 24 heteroatoms. The lowest BCUT2D eigenvalue weighted by atomic mass is 10.1. The average Bonchev–Trinajstić information content (AvgIpc) is 3.86. The number of aryl methyl sites for hydroxylation is 3. The number of aromatic amines is 1. The first kappa shape index (κ1) is 50.7. The maximum atomic E-state index is 12.7. The highest BCUT2D eigenvalue weighted by molar-refractivity contribution is 14.1. The Kier molecular flexibility index (Phi) is 18.3. The molecule has 0 saturated heterocycles. The van der Waals surface area contributed by atoms with Crippen molar-refractivity contribution >= 4 is 63.6 Å². The Morgan fingerprint density at radius 1 is 0.672 bits per heavy atom. The van der Waals surface area contributed by atoms with Crippen LogP contribution in [0.4, 0.5) is 56.6 Å². The van der Waals surface area contributed by atoms with Gasteiger partial charge in [-0.05, 0) is 73.7 Å². The number of anilines is 1. The highest BCUT2D eigenvalue weighted by atomic mass is 127. The standard InChI is InChI=1S/C11H8F3N3O2.C11H10F3N3.C7H3F3INO2.C4H6N2.CH4.HI/c1-7-5-16(6-15-7)9-2-8(11(12,13)14)3-10(4-9)17(18)19;1-7-5-17(6-16-7)10-3-8(11(12,13)14)2-9(15)4-10;8-7(9,10)4-1-5(11)3-6(2-4)12(13)14;1-4-2-5-3-6-4;;/h2-6H,1H3;2-6H,15H2,1H3;1-3H;2-3H,1H3,(H,5,6);1H4;1H. The van der Waals surface area contributed by atoms with Crippen molar-refractivity contribution in [1.82, 2.24) is 29.1 Å². The summed E-state index contributed by atoms with van der Waals surface area (Å²) in [6.45, 7) is 5.39. The predicted molar refractivity (Wildman–Crippen MR) is 214 cm³/mol. The van der Waals surface area contributed by atoms with Gasteiger partial charge in [-0.1, -0.05) is 7.43 Å². The topological polar surface area (TPSA) is 177 Å². The highest BCUT2D eigenvalue weighted by Gasteiger charge is 2.34. The Morgan fingerprint density at radius 3 is 1.43 bits per heavy atom. The molecule has 0 aliphatic carbocycles. The van der Waals surface area contributed by atoms with Gasteiger partial charge in [0.05, 0.1) is 62.6 Å². The zero-order valence-corrected chi connectivity index (χ0v) is 33.7. The molecule has 0 amide bonds. The number of rotatable bonds is 4. The van der Waals surface area contributed by atoms with Gasteiger partial charge >= 0.3 is 18.5 Å². The third-order valence-corrected chi connectivity index (χ3v) is 7.41. The monoisotopic (exact) mass is 1060 g/mol. The SMILES string of the molecule is C.Cc1cn(-c2cc(N)cc(C(F)(F)F)c2)cn1.Cc1cn(-c2cc([N+](=O)[O-])cc(C(F)(F)F)c2)cn1.Cc1cnc[nH]1.I.O=[N+]([O-])c1cc(I)cc(C(F)(F)F)c1. The minimum atomic E-state index is -4.64. The number of alkyl halides is 9. The van der Waals surface area contributed by atoms with E-state index in [4.69, 9.17) is 5.73 Å². The van der Waals surface area contributed by atoms with Crippen LogP contribution in [0.25, 0.3) is 11.4 Å². The maximum Gasteiger partial charge on any atom is 0.416 e. The molecule has 0 aliphatic heterocycles. The second-order valence-corrected chi connectivity index (χ2v) is 12.6. The van der Waals surface area contributed by atoms with Crippen LogP contribution >= 0.6 is 46.6 Å². The molecule has 0 unspecified atom stereocenters. The number of benzene rings is 3. The van der Waals surface area contributed by atoms with E-state index in [-0.39, 0.29) is 46.3 Å². The van der Waals surface area contributed by atoms with Crippen molar-refractivity contribution in [1.29, 1.82) is 0 Å². The summed E-state index contributed by atoms with van der Waals surface area (Å²) >= 11 is 1.60. The molecular weight excluding hydrogens is 1020 g/mol. The summed E-state index contributed by atoms with van der Waals surface area (Å²) in [5, 5.41) is 20.9. The molecule has 6 rings (SSSR count). The zero-order valence-electron chi connectivity index (χ0n) is 29.2. The van der Waals surface area contributed by atoms with Crippen LogP contribution < -0.4 is 5.73 Å². The van der Waals surface area contributed by atoms with E-state index in [0.29, 0.717) is 23.5 Å². The van der Waals surface area contributed by atoms with E-state index in [9.17, 15) is 59.7 Å². The van der Waals surface area contributed by atoms with Crippen LogP contribution in [0.5, 0.6) is 0 Å². The number of nitrogen functional groups attached to an aromatic ring is 1. The van der Waals surface area contributed by atoms with Gasteiger partial charge in [0.25, 0.3) is 11.4 Å². The Hall–Kier alpha value is -5.28. The average molecular weight is 1060 g/mol. The summed E-state index contributed by atoms with van der Waals surface area (Å²) in [7, 11) is 0. The van der Waals surface area contributed by atoms with Crippen LogP contribution in [0, 0.1) is 44.6 Å². The summed E-state index contributed by atoms with van der Waals surface area (Å²) in [5.41, 5.74) is 4.35. The number of hydrogen-bond donors (Lipinski definition) is 2. The van der Waals surface area contributed by atoms with Gasteiger partial charge < -0.3 is 19.9 Å². The smallest absolute Gasteiger partial charge is 0.399 e. The maximum absolute atomic E-state index is 12.7. The number of non-ortho nitro benzene ring substituents is 2. The van der Waals surface area contributed by atoms with Crippen molar-refractivity contribution in [2.45, 2.75) is 46.7 Å². The largest absolute Gasteiger partial charge is 0.416 e. The van der Waals surface area contributed by atoms with Crippen LogP contribution in [-0.2, 0) is 18.5 Å². The minimum absolute atomic E-state index is 0. The van der Waals surface area contributed by atoms with Crippen molar-refractivity contribution in [3.05, 3.63) is 150 Å². The normalized spacial score (nSPS) is 10.9. The number of aromatic nitrogens is 6. The summed E-state index contributed by atoms with van der Waals surface area (Å²) < 4.78 is 115. The van der Waals surface area contributed by atoms with E-state index in [1.165, 1.54) is 34.1 Å². The molecule has 58 heavy (non-hydrogen) atoms. The summed E-state index contributed by atoms with van der Waals surface area (Å²) in [4.78, 5) is 33.7. The zero-order chi connectivity index (χ0) is 42.2. The molecule has 0 spiro atoms. The third kappa shape index (κ3) is 15.6. The molecule has 3 aromatic heterocycles. The molecule has 0 radical (unpaired) electrons. The molecule has 0 atom stereocenters.